The number of methoxy groups -OCH3 is 1. The number of aliphatic hydroxyl groups excluding tert-OH is 1. The number of rotatable bonds is 6. The maximum atomic E-state index is 12.5. The van der Waals surface area contributed by atoms with Gasteiger partial charge in [-0.25, -0.2) is 8.42 Å². The Hall–Kier alpha value is -1.32. The van der Waals surface area contributed by atoms with Crippen LogP contribution in [0.25, 0.3) is 0 Å². The first kappa shape index (κ1) is 17.7. The number of hydrogen-bond donors (Lipinski definition) is 1. The highest BCUT2D eigenvalue weighted by Gasteiger charge is 2.37. The van der Waals surface area contributed by atoms with Gasteiger partial charge in [0.25, 0.3) is 0 Å². The summed E-state index contributed by atoms with van der Waals surface area (Å²) in [5.41, 5.74) is 0.262. The van der Waals surface area contributed by atoms with Crippen molar-refractivity contribution >= 4 is 10.0 Å². The third-order valence-corrected chi connectivity index (χ3v) is 4.68. The Labute approximate surface area is 121 Å². The summed E-state index contributed by atoms with van der Waals surface area (Å²) in [6.45, 7) is -1.05. The Morgan fingerprint density at radius 2 is 1.95 bits per heavy atom. The average molecular weight is 327 g/mol. The van der Waals surface area contributed by atoms with Gasteiger partial charge in [-0.1, -0.05) is 13.0 Å². The number of ether oxygens (including phenoxy) is 1. The number of benzene rings is 1. The number of sulfonamides is 1. The summed E-state index contributed by atoms with van der Waals surface area (Å²) >= 11 is 0. The zero-order chi connectivity index (χ0) is 16.3. The van der Waals surface area contributed by atoms with Gasteiger partial charge in [0.15, 0.2) is 0 Å². The molecule has 0 aromatic heterocycles. The minimum absolute atomic E-state index is 0.0761. The van der Waals surface area contributed by atoms with Crippen LogP contribution in [0.2, 0.25) is 0 Å². The van der Waals surface area contributed by atoms with Crippen LogP contribution in [0.5, 0.6) is 5.75 Å². The smallest absolute Gasteiger partial charge is 0.402 e. The van der Waals surface area contributed by atoms with Gasteiger partial charge in [0.05, 0.1) is 13.7 Å². The molecule has 0 radical (unpaired) electrons. The highest BCUT2D eigenvalue weighted by molar-refractivity contribution is 7.89. The van der Waals surface area contributed by atoms with Crippen molar-refractivity contribution in [3.8, 4) is 5.75 Å². The molecule has 0 unspecified atom stereocenters. The second kappa shape index (κ2) is 6.63. The largest absolute Gasteiger partial charge is 0.495 e. The summed E-state index contributed by atoms with van der Waals surface area (Å²) < 4.78 is 67.4. The maximum Gasteiger partial charge on any atom is 0.402 e. The van der Waals surface area contributed by atoms with E-state index >= 15 is 0 Å². The fourth-order valence-corrected chi connectivity index (χ4v) is 3.37. The fraction of sp³-hybridized carbons (Fsp3) is 0.500. The Morgan fingerprint density at radius 1 is 1.33 bits per heavy atom. The normalized spacial score (nSPS) is 12.7. The van der Waals surface area contributed by atoms with E-state index in [9.17, 15) is 21.6 Å². The molecule has 120 valence electrons. The van der Waals surface area contributed by atoms with E-state index < -0.39 is 34.2 Å². The molecule has 0 saturated carbocycles. The third-order valence-electron chi connectivity index (χ3n) is 2.74. The molecule has 0 aliphatic carbocycles. The van der Waals surface area contributed by atoms with E-state index in [4.69, 9.17) is 9.84 Å². The topological polar surface area (TPSA) is 66.8 Å². The van der Waals surface area contributed by atoms with Gasteiger partial charge in [0.1, 0.15) is 17.2 Å². The van der Waals surface area contributed by atoms with Crippen molar-refractivity contribution in [1.29, 1.82) is 0 Å². The molecule has 0 spiro atoms. The molecule has 21 heavy (non-hydrogen) atoms. The van der Waals surface area contributed by atoms with E-state index in [0.717, 1.165) is 6.07 Å². The number of nitrogens with zero attached hydrogens (tertiary/aromatic N) is 1. The van der Waals surface area contributed by atoms with Gasteiger partial charge in [-0.3, -0.25) is 0 Å². The highest BCUT2D eigenvalue weighted by Crippen LogP contribution is 2.29. The van der Waals surface area contributed by atoms with Gasteiger partial charge in [0, 0.05) is 6.54 Å². The molecule has 0 heterocycles. The molecule has 0 saturated heterocycles. The molecule has 0 atom stereocenters. The quantitative estimate of drug-likeness (QED) is 0.864. The van der Waals surface area contributed by atoms with Gasteiger partial charge in [-0.15, -0.1) is 0 Å². The van der Waals surface area contributed by atoms with Crippen molar-refractivity contribution in [3.63, 3.8) is 0 Å². The van der Waals surface area contributed by atoms with Gasteiger partial charge in [0.2, 0.25) is 10.0 Å². The molecule has 0 amide bonds. The standard InChI is InChI=1S/C12H16F3NO4S/c1-3-16(8-12(13,14)15)21(18,19)11-6-9(7-17)4-5-10(11)20-2/h4-6,17H,3,7-8H2,1-2H3. The van der Waals surface area contributed by atoms with Crippen LogP contribution < -0.4 is 4.74 Å². The molecule has 1 aromatic rings. The van der Waals surface area contributed by atoms with Gasteiger partial charge in [-0.05, 0) is 17.7 Å². The van der Waals surface area contributed by atoms with Crippen LogP contribution in [0, 0.1) is 0 Å². The van der Waals surface area contributed by atoms with Gasteiger partial charge >= 0.3 is 6.18 Å². The van der Waals surface area contributed by atoms with Crippen molar-refractivity contribution in [2.45, 2.75) is 24.6 Å². The van der Waals surface area contributed by atoms with Crippen molar-refractivity contribution in [1.82, 2.24) is 4.31 Å². The Kier molecular flexibility index (Phi) is 5.60. The summed E-state index contributed by atoms with van der Waals surface area (Å²) in [5, 5.41) is 9.04. The third kappa shape index (κ3) is 4.32. The molecule has 1 aromatic carbocycles. The van der Waals surface area contributed by atoms with E-state index in [1.807, 2.05) is 0 Å². The van der Waals surface area contributed by atoms with Crippen molar-refractivity contribution in [2.24, 2.45) is 0 Å². The summed E-state index contributed by atoms with van der Waals surface area (Å²) in [7, 11) is -3.17. The van der Waals surface area contributed by atoms with E-state index in [-0.39, 0.29) is 17.9 Å². The van der Waals surface area contributed by atoms with E-state index in [1.165, 1.54) is 26.2 Å². The van der Waals surface area contributed by atoms with Crippen LogP contribution in [0.15, 0.2) is 23.1 Å². The molecule has 1 rings (SSSR count). The first-order valence-electron chi connectivity index (χ1n) is 6.00. The highest BCUT2D eigenvalue weighted by atomic mass is 32.2. The van der Waals surface area contributed by atoms with E-state index in [0.29, 0.717) is 4.31 Å². The van der Waals surface area contributed by atoms with Crippen LogP contribution in [0.1, 0.15) is 12.5 Å². The predicted octanol–water partition coefficient (Wildman–Crippen LogP) is 1.76. The zero-order valence-electron chi connectivity index (χ0n) is 11.5. The van der Waals surface area contributed by atoms with Crippen LogP contribution in [-0.2, 0) is 16.6 Å². The lowest BCUT2D eigenvalue weighted by atomic mass is 10.2. The minimum Gasteiger partial charge on any atom is -0.495 e. The van der Waals surface area contributed by atoms with Crippen LogP contribution >= 0.6 is 0 Å². The molecule has 5 nitrogen and oxygen atoms in total. The molecule has 0 aliphatic heterocycles. The number of aliphatic hydroxyl groups is 1. The summed E-state index contributed by atoms with van der Waals surface area (Å²) in [6, 6.07) is 3.82. The molecule has 9 heteroatoms. The first-order chi connectivity index (χ1) is 9.65. The summed E-state index contributed by atoms with van der Waals surface area (Å²) in [4.78, 5) is -0.400. The monoisotopic (exact) mass is 327 g/mol. The molecule has 1 N–H and O–H groups in total. The molecule has 0 aliphatic rings. The SMILES string of the molecule is CCN(CC(F)(F)F)S(=O)(=O)c1cc(CO)ccc1OC. The van der Waals surface area contributed by atoms with Gasteiger partial charge < -0.3 is 9.84 Å². The molecular formula is C12H16F3NO4S. The van der Waals surface area contributed by atoms with Crippen LogP contribution in [0.4, 0.5) is 13.2 Å². The van der Waals surface area contributed by atoms with E-state index in [1.54, 1.807) is 0 Å². The van der Waals surface area contributed by atoms with Crippen molar-refractivity contribution < 1.29 is 31.4 Å². The minimum atomic E-state index is -4.65. The maximum absolute atomic E-state index is 12.5. The lowest BCUT2D eigenvalue weighted by Gasteiger charge is -2.23. The van der Waals surface area contributed by atoms with Crippen molar-refractivity contribution in [2.75, 3.05) is 20.2 Å². The Balaban J connectivity index is 3.34. The molecular weight excluding hydrogens is 311 g/mol. The number of halogens is 3. The Morgan fingerprint density at radius 3 is 2.38 bits per heavy atom. The average Bonchev–Trinajstić information content (AvgIpc) is 2.42. The molecule has 0 bridgehead atoms. The van der Waals surface area contributed by atoms with Crippen LogP contribution in [0.3, 0.4) is 0 Å². The van der Waals surface area contributed by atoms with Crippen molar-refractivity contribution in [3.05, 3.63) is 23.8 Å². The summed E-state index contributed by atoms with van der Waals surface area (Å²) in [6.07, 6.45) is -4.65. The zero-order valence-corrected chi connectivity index (χ0v) is 12.3. The van der Waals surface area contributed by atoms with Crippen LogP contribution in [-0.4, -0.2) is 44.2 Å². The number of alkyl halides is 3. The molecule has 0 fully saturated rings. The second-order valence-electron chi connectivity index (χ2n) is 4.19. The fourth-order valence-electron chi connectivity index (χ4n) is 1.73. The summed E-state index contributed by atoms with van der Waals surface area (Å²) in [5.74, 6) is -0.0761. The first-order valence-corrected chi connectivity index (χ1v) is 7.44. The van der Waals surface area contributed by atoms with E-state index in [2.05, 4.69) is 0 Å². The number of hydrogen-bond acceptors (Lipinski definition) is 4. The lowest BCUT2D eigenvalue weighted by molar-refractivity contribution is -0.135. The Bertz CT molecular complexity index is 587. The second-order valence-corrected chi connectivity index (χ2v) is 6.10. The predicted molar refractivity (Wildman–Crippen MR) is 69.4 cm³/mol. The lowest BCUT2D eigenvalue weighted by Crippen LogP contribution is -2.38. The van der Waals surface area contributed by atoms with Gasteiger partial charge in [-0.2, -0.15) is 17.5 Å².